The Labute approximate surface area is 230 Å². The Morgan fingerprint density at radius 2 is 1.77 bits per heavy atom. The number of anilines is 1. The lowest BCUT2D eigenvalue weighted by Gasteiger charge is -2.28. The number of esters is 1. The summed E-state index contributed by atoms with van der Waals surface area (Å²) in [6.45, 7) is -0.281. The highest BCUT2D eigenvalue weighted by atomic mass is 16.5. The number of carbonyl (C=O) groups excluding carboxylic acids is 2. The van der Waals surface area contributed by atoms with Crippen molar-refractivity contribution < 1.29 is 28.5 Å². The van der Waals surface area contributed by atoms with Crippen LogP contribution in [-0.2, 0) is 9.53 Å². The van der Waals surface area contributed by atoms with E-state index in [1.165, 1.54) is 14.2 Å². The summed E-state index contributed by atoms with van der Waals surface area (Å²) < 4.78 is 21.9. The molecule has 1 heterocycles. The highest BCUT2D eigenvalue weighted by molar-refractivity contribution is 5.94. The van der Waals surface area contributed by atoms with Gasteiger partial charge >= 0.3 is 5.97 Å². The van der Waals surface area contributed by atoms with Gasteiger partial charge in [-0.15, -0.1) is 0 Å². The topological polar surface area (TPSA) is 133 Å². The molecular weight excluding hydrogens is 510 g/mol. The van der Waals surface area contributed by atoms with Crippen LogP contribution in [0, 0.1) is 11.3 Å². The fraction of sp³-hybridized carbons (Fsp3) is 0.129. The third kappa shape index (κ3) is 4.98. The molecule has 4 aromatic rings. The molecule has 3 N–H and O–H groups in total. The number of nitrogens with two attached hydrogens (primary N) is 1. The first-order valence-corrected chi connectivity index (χ1v) is 12.3. The molecule has 9 nitrogen and oxygen atoms in total. The van der Waals surface area contributed by atoms with E-state index in [1.807, 2.05) is 36.4 Å². The standard InChI is InChI=1S/C31H25N3O6/c1-37-26-15-20(10-14-25(26)39-17-27(35)34-21-11-7-19(8-12-21)31(36)38-2)28-23-13-9-18-5-3-4-6-22(18)29(23)40-30(33)24(28)16-32/h3-15,28H,17,33H2,1-2H3,(H,34,35)/t28-/m0/s1. The number of hydrogen-bond donors (Lipinski definition) is 2. The van der Waals surface area contributed by atoms with E-state index in [9.17, 15) is 14.9 Å². The van der Waals surface area contributed by atoms with E-state index >= 15 is 0 Å². The number of carbonyl (C=O) groups is 2. The predicted octanol–water partition coefficient (Wildman–Crippen LogP) is 4.87. The summed E-state index contributed by atoms with van der Waals surface area (Å²) in [5.41, 5.74) is 8.93. The van der Waals surface area contributed by atoms with E-state index in [4.69, 9.17) is 19.9 Å². The molecule has 9 heteroatoms. The Bertz CT molecular complexity index is 1690. The lowest BCUT2D eigenvalue weighted by Crippen LogP contribution is -2.21. The molecule has 1 atom stereocenters. The maximum Gasteiger partial charge on any atom is 0.337 e. The quantitative estimate of drug-likeness (QED) is 0.320. The second-order valence-electron chi connectivity index (χ2n) is 8.95. The Hall–Kier alpha value is -5.49. The minimum atomic E-state index is -0.488. The average molecular weight is 536 g/mol. The molecule has 0 aromatic heterocycles. The molecule has 1 aliphatic heterocycles. The van der Waals surface area contributed by atoms with Gasteiger partial charge in [-0.2, -0.15) is 5.26 Å². The first-order chi connectivity index (χ1) is 19.4. The summed E-state index contributed by atoms with van der Waals surface area (Å²) >= 11 is 0. The molecule has 4 aromatic carbocycles. The molecule has 1 amide bonds. The minimum absolute atomic E-state index is 0.0481. The number of methoxy groups -OCH3 is 2. The summed E-state index contributed by atoms with van der Waals surface area (Å²) in [5, 5.41) is 14.5. The van der Waals surface area contributed by atoms with Crippen LogP contribution in [0.2, 0.25) is 0 Å². The molecule has 0 fully saturated rings. The van der Waals surface area contributed by atoms with Crippen LogP contribution in [0.4, 0.5) is 5.69 Å². The Balaban J connectivity index is 1.37. The molecule has 0 saturated carbocycles. The smallest absolute Gasteiger partial charge is 0.337 e. The van der Waals surface area contributed by atoms with Crippen molar-refractivity contribution in [2.24, 2.45) is 5.73 Å². The molecule has 200 valence electrons. The molecule has 0 radical (unpaired) electrons. The van der Waals surface area contributed by atoms with Crippen LogP contribution in [0.25, 0.3) is 10.8 Å². The van der Waals surface area contributed by atoms with Gasteiger partial charge in [-0.3, -0.25) is 4.79 Å². The minimum Gasteiger partial charge on any atom is -0.493 e. The van der Waals surface area contributed by atoms with Gasteiger partial charge in [0.05, 0.1) is 25.7 Å². The van der Waals surface area contributed by atoms with Gasteiger partial charge < -0.3 is 30.0 Å². The Kier molecular flexibility index (Phi) is 7.25. The molecule has 0 saturated heterocycles. The number of nitriles is 1. The second-order valence-corrected chi connectivity index (χ2v) is 8.95. The van der Waals surface area contributed by atoms with Gasteiger partial charge in [0, 0.05) is 16.6 Å². The molecule has 0 unspecified atom stereocenters. The normalized spacial score (nSPS) is 14.0. The number of fused-ring (bicyclic) bond motifs is 3. The lowest BCUT2D eigenvalue weighted by atomic mass is 9.82. The van der Waals surface area contributed by atoms with E-state index in [-0.39, 0.29) is 18.1 Å². The van der Waals surface area contributed by atoms with Crippen LogP contribution in [0.3, 0.4) is 0 Å². The largest absolute Gasteiger partial charge is 0.493 e. The molecule has 0 aliphatic carbocycles. The summed E-state index contributed by atoms with van der Waals surface area (Å²) in [6, 6.07) is 25.5. The Morgan fingerprint density at radius 3 is 2.50 bits per heavy atom. The zero-order chi connectivity index (χ0) is 28.2. The molecule has 0 spiro atoms. The number of rotatable bonds is 7. The summed E-state index contributed by atoms with van der Waals surface area (Å²) in [4.78, 5) is 24.1. The van der Waals surface area contributed by atoms with Gasteiger partial charge in [0.2, 0.25) is 5.88 Å². The van der Waals surface area contributed by atoms with Crippen LogP contribution in [-0.4, -0.2) is 32.7 Å². The second kappa shape index (κ2) is 11.1. The van der Waals surface area contributed by atoms with Crippen molar-refractivity contribution in [1.82, 2.24) is 0 Å². The van der Waals surface area contributed by atoms with Crippen molar-refractivity contribution in [3.8, 4) is 23.3 Å². The zero-order valence-electron chi connectivity index (χ0n) is 21.8. The van der Waals surface area contributed by atoms with Crippen LogP contribution >= 0.6 is 0 Å². The van der Waals surface area contributed by atoms with Gasteiger partial charge in [-0.1, -0.05) is 42.5 Å². The van der Waals surface area contributed by atoms with Crippen molar-refractivity contribution in [2.45, 2.75) is 5.92 Å². The Morgan fingerprint density at radius 1 is 1.00 bits per heavy atom. The number of ether oxygens (including phenoxy) is 4. The lowest BCUT2D eigenvalue weighted by molar-refractivity contribution is -0.118. The number of hydrogen-bond acceptors (Lipinski definition) is 8. The molecule has 40 heavy (non-hydrogen) atoms. The number of amides is 1. The third-order valence-corrected chi connectivity index (χ3v) is 6.58. The third-order valence-electron chi connectivity index (χ3n) is 6.58. The maximum atomic E-state index is 12.5. The molecule has 1 aliphatic rings. The van der Waals surface area contributed by atoms with E-state index in [2.05, 4.69) is 16.1 Å². The van der Waals surface area contributed by atoms with Crippen LogP contribution in [0.15, 0.2) is 90.3 Å². The predicted molar refractivity (Wildman–Crippen MR) is 148 cm³/mol. The summed E-state index contributed by atoms with van der Waals surface area (Å²) in [6.07, 6.45) is 0. The van der Waals surface area contributed by atoms with Gasteiger partial charge in [0.25, 0.3) is 5.91 Å². The van der Waals surface area contributed by atoms with Gasteiger partial charge in [-0.05, 0) is 47.3 Å². The van der Waals surface area contributed by atoms with Crippen LogP contribution < -0.4 is 25.3 Å². The van der Waals surface area contributed by atoms with E-state index in [0.717, 1.165) is 21.9 Å². The van der Waals surface area contributed by atoms with E-state index in [1.54, 1.807) is 42.5 Å². The number of nitrogens with zero attached hydrogens (tertiary/aromatic N) is 1. The first-order valence-electron chi connectivity index (χ1n) is 12.3. The molecular formula is C31H25N3O6. The first kappa shape index (κ1) is 26.1. The van der Waals surface area contributed by atoms with Crippen molar-refractivity contribution >= 4 is 28.3 Å². The fourth-order valence-corrected chi connectivity index (χ4v) is 4.66. The summed E-state index contributed by atoms with van der Waals surface area (Å²) in [7, 11) is 2.80. The van der Waals surface area contributed by atoms with E-state index in [0.29, 0.717) is 28.5 Å². The summed E-state index contributed by atoms with van der Waals surface area (Å²) in [5.74, 6) is 0.0415. The van der Waals surface area contributed by atoms with Crippen molar-refractivity contribution in [2.75, 3.05) is 26.1 Å². The average Bonchev–Trinajstić information content (AvgIpc) is 2.99. The number of benzene rings is 4. The van der Waals surface area contributed by atoms with Crippen LogP contribution in [0.1, 0.15) is 27.4 Å². The molecule has 5 rings (SSSR count). The van der Waals surface area contributed by atoms with Gasteiger partial charge in [0.1, 0.15) is 17.4 Å². The highest BCUT2D eigenvalue weighted by Gasteiger charge is 2.32. The fourth-order valence-electron chi connectivity index (χ4n) is 4.66. The van der Waals surface area contributed by atoms with Gasteiger partial charge in [0.15, 0.2) is 18.1 Å². The SMILES string of the molecule is COC(=O)c1ccc(NC(=O)COc2ccc([C@@H]3C(C#N)=C(N)Oc4c3ccc3ccccc43)cc2OC)cc1. The van der Waals surface area contributed by atoms with Crippen molar-refractivity contribution in [1.29, 1.82) is 5.26 Å². The highest BCUT2D eigenvalue weighted by Crippen LogP contribution is 2.46. The van der Waals surface area contributed by atoms with Gasteiger partial charge in [-0.25, -0.2) is 4.79 Å². The molecule has 0 bridgehead atoms. The monoisotopic (exact) mass is 535 g/mol. The maximum absolute atomic E-state index is 12.5. The van der Waals surface area contributed by atoms with Crippen molar-refractivity contribution in [3.63, 3.8) is 0 Å². The zero-order valence-corrected chi connectivity index (χ0v) is 21.8. The van der Waals surface area contributed by atoms with Crippen LogP contribution in [0.5, 0.6) is 17.2 Å². The van der Waals surface area contributed by atoms with Crippen molar-refractivity contribution in [3.05, 3.63) is 107 Å². The number of allylic oxidation sites excluding steroid dienone is 1. The number of nitrogens with one attached hydrogen (secondary N) is 1. The van der Waals surface area contributed by atoms with E-state index < -0.39 is 17.8 Å².